The van der Waals surface area contributed by atoms with Crippen LogP contribution in [-0.4, -0.2) is 35.7 Å². The first-order valence-corrected chi connectivity index (χ1v) is 11.8. The molecule has 0 bridgehead atoms. The lowest BCUT2D eigenvalue weighted by atomic mass is 9.94. The van der Waals surface area contributed by atoms with Crippen LogP contribution in [0.25, 0.3) is 11.3 Å². The summed E-state index contributed by atoms with van der Waals surface area (Å²) in [6, 6.07) is 15.2. The number of hydrogen-bond donors (Lipinski definition) is 1. The van der Waals surface area contributed by atoms with Crippen LogP contribution in [0.5, 0.6) is 11.5 Å². The van der Waals surface area contributed by atoms with E-state index in [2.05, 4.69) is 10.3 Å². The van der Waals surface area contributed by atoms with Crippen LogP contribution >= 0.6 is 11.6 Å². The summed E-state index contributed by atoms with van der Waals surface area (Å²) in [5.74, 6) is 0.606. The summed E-state index contributed by atoms with van der Waals surface area (Å²) in [6.07, 6.45) is 1.69. The third-order valence-electron chi connectivity index (χ3n) is 6.03. The number of fused-ring (bicyclic) bond motifs is 3. The summed E-state index contributed by atoms with van der Waals surface area (Å²) in [7, 11) is 3.00. The number of nitrogens with zero attached hydrogens (tertiary/aromatic N) is 3. The van der Waals surface area contributed by atoms with Crippen LogP contribution in [0.15, 0.2) is 65.8 Å². The molecular formula is C28H22ClFN4O3. The zero-order valence-electron chi connectivity index (χ0n) is 20.3. The molecule has 1 N–H and O–H groups in total. The minimum atomic E-state index is -0.452. The zero-order chi connectivity index (χ0) is 26.1. The molecule has 1 aliphatic rings. The molecule has 0 atom stereocenters. The molecule has 1 aliphatic heterocycles. The van der Waals surface area contributed by atoms with Gasteiger partial charge in [-0.25, -0.2) is 14.4 Å². The number of anilines is 2. The van der Waals surface area contributed by atoms with Crippen molar-refractivity contribution in [2.24, 2.45) is 4.99 Å². The number of carbonyl (C=O) groups is 1. The second-order valence-corrected chi connectivity index (χ2v) is 8.77. The van der Waals surface area contributed by atoms with Gasteiger partial charge in [-0.1, -0.05) is 23.7 Å². The molecule has 0 spiro atoms. The Hall–Kier alpha value is -4.30. The molecule has 37 heavy (non-hydrogen) atoms. The van der Waals surface area contributed by atoms with Crippen LogP contribution in [0.4, 0.5) is 16.0 Å². The van der Waals surface area contributed by atoms with E-state index in [1.807, 2.05) is 6.07 Å². The Kier molecular flexibility index (Phi) is 6.58. The predicted octanol–water partition coefficient (Wildman–Crippen LogP) is 6.25. The van der Waals surface area contributed by atoms with E-state index in [9.17, 15) is 4.79 Å². The van der Waals surface area contributed by atoms with E-state index in [1.165, 1.54) is 27.2 Å². The minimum absolute atomic E-state index is 0.0952. The molecule has 7 nitrogen and oxygen atoms in total. The van der Waals surface area contributed by atoms with Gasteiger partial charge in [0.05, 0.1) is 43.3 Å². The standard InChI is InChI=1S/C28H22ClFN4O3/c1-15(35)19-10-8-18(12-24(19)37-3)33-28-32-14-16-13-31-27(25-22(30)5-4-6-23(25)36-2)21-11-17(29)7-9-20(21)26(16)34-28/h4-12,14H,13H2,1-3H3,(H,32,33,34). The molecule has 4 aromatic rings. The van der Waals surface area contributed by atoms with Gasteiger partial charge in [0.2, 0.25) is 5.95 Å². The number of Topliss-reactive ketones (excluding diaryl/α,β-unsaturated/α-hetero) is 1. The number of benzene rings is 3. The molecule has 0 radical (unpaired) electrons. The number of rotatable bonds is 6. The van der Waals surface area contributed by atoms with Crippen LogP contribution in [-0.2, 0) is 6.54 Å². The smallest absolute Gasteiger partial charge is 0.227 e. The van der Waals surface area contributed by atoms with Gasteiger partial charge in [0.25, 0.3) is 0 Å². The van der Waals surface area contributed by atoms with E-state index in [0.717, 1.165) is 11.1 Å². The van der Waals surface area contributed by atoms with Gasteiger partial charge in [-0.2, -0.15) is 0 Å². The minimum Gasteiger partial charge on any atom is -0.496 e. The maximum Gasteiger partial charge on any atom is 0.227 e. The van der Waals surface area contributed by atoms with E-state index in [1.54, 1.807) is 48.7 Å². The molecule has 0 saturated heterocycles. The Labute approximate surface area is 218 Å². The highest BCUT2D eigenvalue weighted by molar-refractivity contribution is 6.31. The average molecular weight is 517 g/mol. The molecule has 0 aliphatic carbocycles. The van der Waals surface area contributed by atoms with Crippen LogP contribution < -0.4 is 14.8 Å². The van der Waals surface area contributed by atoms with Crippen LogP contribution in [0.1, 0.15) is 34.0 Å². The molecule has 1 aromatic heterocycles. The van der Waals surface area contributed by atoms with Crippen molar-refractivity contribution in [3.05, 3.63) is 93.9 Å². The van der Waals surface area contributed by atoms with Crippen LogP contribution in [0.2, 0.25) is 5.02 Å². The van der Waals surface area contributed by atoms with Crippen molar-refractivity contribution >= 4 is 34.7 Å². The van der Waals surface area contributed by atoms with Gasteiger partial charge in [-0.15, -0.1) is 0 Å². The Morgan fingerprint density at radius 3 is 2.59 bits per heavy atom. The molecule has 0 fully saturated rings. The van der Waals surface area contributed by atoms with Crippen molar-refractivity contribution in [3.8, 4) is 22.8 Å². The van der Waals surface area contributed by atoms with Crippen molar-refractivity contribution < 1.29 is 18.7 Å². The molecular weight excluding hydrogens is 495 g/mol. The normalized spacial score (nSPS) is 12.1. The van der Waals surface area contributed by atoms with Gasteiger partial charge in [-0.3, -0.25) is 9.79 Å². The fourth-order valence-corrected chi connectivity index (χ4v) is 4.46. The van der Waals surface area contributed by atoms with Gasteiger partial charge in [0, 0.05) is 39.7 Å². The summed E-state index contributed by atoms with van der Waals surface area (Å²) in [5, 5.41) is 3.65. The van der Waals surface area contributed by atoms with Crippen molar-refractivity contribution in [1.29, 1.82) is 0 Å². The molecule has 0 unspecified atom stereocenters. The first-order chi connectivity index (χ1) is 17.9. The Balaban J connectivity index is 1.60. The van der Waals surface area contributed by atoms with Gasteiger partial charge in [-0.05, 0) is 43.3 Å². The third kappa shape index (κ3) is 4.63. The quantitative estimate of drug-likeness (QED) is 0.305. The predicted molar refractivity (Wildman–Crippen MR) is 141 cm³/mol. The number of aliphatic imine (C=N–C) groups is 1. The second-order valence-electron chi connectivity index (χ2n) is 8.34. The van der Waals surface area contributed by atoms with Crippen molar-refractivity contribution in [2.45, 2.75) is 13.5 Å². The van der Waals surface area contributed by atoms with Crippen molar-refractivity contribution in [2.75, 3.05) is 19.5 Å². The fourth-order valence-electron chi connectivity index (χ4n) is 4.29. The number of ketones is 1. The number of aromatic nitrogens is 2. The molecule has 0 saturated carbocycles. The van der Waals surface area contributed by atoms with Crippen molar-refractivity contribution in [3.63, 3.8) is 0 Å². The molecule has 0 amide bonds. The summed E-state index contributed by atoms with van der Waals surface area (Å²) in [5.41, 5.74) is 4.58. The first kappa shape index (κ1) is 24.4. The van der Waals surface area contributed by atoms with E-state index < -0.39 is 5.82 Å². The molecule has 3 aromatic carbocycles. The Morgan fingerprint density at radius 1 is 1.03 bits per heavy atom. The number of ether oxygens (including phenoxy) is 2. The van der Waals surface area contributed by atoms with Crippen molar-refractivity contribution in [1.82, 2.24) is 9.97 Å². The highest BCUT2D eigenvalue weighted by atomic mass is 35.5. The monoisotopic (exact) mass is 516 g/mol. The summed E-state index contributed by atoms with van der Waals surface area (Å²) < 4.78 is 25.9. The number of methoxy groups -OCH3 is 2. The lowest BCUT2D eigenvalue weighted by Crippen LogP contribution is -2.09. The number of nitrogens with one attached hydrogen (secondary N) is 1. The molecule has 5 rings (SSSR count). The van der Waals surface area contributed by atoms with Gasteiger partial charge in [0.15, 0.2) is 5.78 Å². The maximum absolute atomic E-state index is 15.1. The third-order valence-corrected chi connectivity index (χ3v) is 6.27. The van der Waals surface area contributed by atoms with E-state index in [-0.39, 0.29) is 17.9 Å². The largest absolute Gasteiger partial charge is 0.496 e. The summed E-state index contributed by atoms with van der Waals surface area (Å²) in [6.45, 7) is 1.72. The fraction of sp³-hybridized carbons (Fsp3) is 0.143. The number of carbonyl (C=O) groups excluding carboxylic acids is 1. The summed E-state index contributed by atoms with van der Waals surface area (Å²) >= 11 is 6.36. The van der Waals surface area contributed by atoms with Gasteiger partial charge < -0.3 is 14.8 Å². The highest BCUT2D eigenvalue weighted by Crippen LogP contribution is 2.36. The van der Waals surface area contributed by atoms with Gasteiger partial charge in [0.1, 0.15) is 17.3 Å². The van der Waals surface area contributed by atoms with Crippen LogP contribution in [0, 0.1) is 5.82 Å². The topological polar surface area (TPSA) is 85.7 Å². The number of hydrogen-bond acceptors (Lipinski definition) is 7. The van der Waals surface area contributed by atoms with Crippen LogP contribution in [0.3, 0.4) is 0 Å². The lowest BCUT2D eigenvalue weighted by molar-refractivity contribution is 0.101. The van der Waals surface area contributed by atoms with E-state index in [0.29, 0.717) is 50.7 Å². The Bertz CT molecular complexity index is 1570. The number of halogens is 2. The first-order valence-electron chi connectivity index (χ1n) is 11.4. The molecule has 186 valence electrons. The SMILES string of the molecule is COc1cc(Nc2ncc3c(n2)-c2ccc(Cl)cc2C(c2c(F)cccc2OC)=NC3)ccc1C(C)=O. The molecule has 2 heterocycles. The van der Waals surface area contributed by atoms with Gasteiger partial charge >= 0.3 is 0 Å². The van der Waals surface area contributed by atoms with E-state index in [4.69, 9.17) is 31.1 Å². The summed E-state index contributed by atoms with van der Waals surface area (Å²) in [4.78, 5) is 25.8. The maximum atomic E-state index is 15.1. The van der Waals surface area contributed by atoms with E-state index >= 15 is 4.39 Å². The average Bonchev–Trinajstić information content (AvgIpc) is 3.04. The second kappa shape index (κ2) is 9.99. The Morgan fingerprint density at radius 2 is 1.84 bits per heavy atom. The highest BCUT2D eigenvalue weighted by Gasteiger charge is 2.25. The lowest BCUT2D eigenvalue weighted by Gasteiger charge is -2.15. The molecule has 9 heteroatoms. The zero-order valence-corrected chi connectivity index (χ0v) is 21.1.